The van der Waals surface area contributed by atoms with Gasteiger partial charge in [0.25, 0.3) is 5.91 Å². The molecular formula is C41H61N5O7S. The first-order valence-corrected chi connectivity index (χ1v) is 21.6. The maximum atomic E-state index is 15.0. The Morgan fingerprint density at radius 1 is 0.944 bits per heavy atom. The zero-order valence-electron chi connectivity index (χ0n) is 33.3. The third-order valence-corrected chi connectivity index (χ3v) is 17.1. The number of piperidine rings is 1. The average Bonchev–Trinajstić information content (AvgIpc) is 3.72. The fraction of sp³-hybridized carbons (Fsp3) is 0.732. The van der Waals surface area contributed by atoms with Crippen LogP contribution in [-0.4, -0.2) is 89.1 Å². The highest BCUT2D eigenvalue weighted by Gasteiger charge is 2.71. The van der Waals surface area contributed by atoms with Crippen molar-refractivity contribution in [2.45, 2.75) is 146 Å². The number of hydrogen-bond acceptors (Lipinski definition) is 7. The third kappa shape index (κ3) is 6.84. The summed E-state index contributed by atoms with van der Waals surface area (Å²) in [6.07, 6.45) is 5.58. The summed E-state index contributed by atoms with van der Waals surface area (Å²) in [6.45, 7) is 15.2. The first-order valence-electron chi connectivity index (χ1n) is 20.1. The summed E-state index contributed by atoms with van der Waals surface area (Å²) in [5, 5.41) is 10.9. The number of ketones is 1. The van der Waals surface area contributed by atoms with Crippen molar-refractivity contribution in [2.75, 3.05) is 13.1 Å². The number of fused-ring (bicyclic) bond motifs is 2. The van der Waals surface area contributed by atoms with Crippen molar-refractivity contribution in [1.82, 2.24) is 26.2 Å². The molecule has 13 heteroatoms. The number of carbonyl (C=O) groups is 5. The standard InChI is InChI=1S/C41H61N5O7S/c1-9-28-22-41(28,33(47)35(49)42-10-2)44-34(48)32-30-29(39(30,7)8)23-46(32)36(50)31(27-20-25-16-12-13-17-26(25)21-27)43-37(51)45-40(18-14-11-15-19-40)24(3)54(52,53)38(4,5)6/h12-13,16-17,24,27-32H,9-11,14-15,18-23H2,1-8H3,(H,42,49)(H,44,48)(H2,43,45,51)/t24-,28?,29?,30?,31+,32+,41-/m1/s1. The van der Waals surface area contributed by atoms with Crippen LogP contribution in [0.4, 0.5) is 4.79 Å². The predicted octanol–water partition coefficient (Wildman–Crippen LogP) is 3.85. The van der Waals surface area contributed by atoms with Gasteiger partial charge in [0, 0.05) is 13.1 Å². The summed E-state index contributed by atoms with van der Waals surface area (Å²) in [7, 11) is -3.66. The van der Waals surface area contributed by atoms with Gasteiger partial charge in [-0.05, 0) is 107 Å². The summed E-state index contributed by atoms with van der Waals surface area (Å²) in [6, 6.07) is 5.49. The first kappa shape index (κ1) is 40.2. The van der Waals surface area contributed by atoms with E-state index in [1.807, 2.05) is 31.2 Å². The van der Waals surface area contributed by atoms with E-state index < -0.39 is 66.6 Å². The van der Waals surface area contributed by atoms with Gasteiger partial charge in [-0.25, -0.2) is 13.2 Å². The van der Waals surface area contributed by atoms with Crippen LogP contribution in [0.5, 0.6) is 0 Å². The number of urea groups is 1. The first-order chi connectivity index (χ1) is 25.3. The number of carbonyl (C=O) groups excluding carboxylic acids is 5. The number of sulfone groups is 1. The van der Waals surface area contributed by atoms with Crippen molar-refractivity contribution in [3.05, 3.63) is 35.4 Å². The number of amides is 5. The van der Waals surface area contributed by atoms with Gasteiger partial charge in [0.05, 0.1) is 15.5 Å². The van der Waals surface area contributed by atoms with Gasteiger partial charge in [-0.15, -0.1) is 0 Å². The number of nitrogens with one attached hydrogen (secondary N) is 4. The molecule has 0 radical (unpaired) electrons. The van der Waals surface area contributed by atoms with Crippen LogP contribution in [0, 0.1) is 29.1 Å². The molecule has 1 saturated heterocycles. The summed E-state index contributed by atoms with van der Waals surface area (Å²) in [4.78, 5) is 71.5. The maximum absolute atomic E-state index is 15.0. The molecule has 4 aliphatic carbocycles. The normalized spacial score (nSPS) is 29.2. The van der Waals surface area contributed by atoms with E-state index in [-0.39, 0.29) is 41.5 Å². The Hall–Kier alpha value is -3.48. The highest BCUT2D eigenvalue weighted by molar-refractivity contribution is 7.93. The molecule has 5 amide bonds. The van der Waals surface area contributed by atoms with Crippen LogP contribution in [0.1, 0.15) is 111 Å². The third-order valence-electron chi connectivity index (χ3n) is 14.0. The van der Waals surface area contributed by atoms with Gasteiger partial charge in [-0.1, -0.05) is 70.7 Å². The number of nitrogens with zero attached hydrogens (tertiary/aromatic N) is 1. The minimum Gasteiger partial charge on any atom is -0.350 e. The SMILES string of the molecule is CCNC(=O)C(=O)[C@@]1(NC(=O)[C@@H]2C3C(CN2C(=O)[C@@H](NC(=O)NC2([C@@H](C)S(=O)(=O)C(C)(C)C)CCCCC2)C2Cc4ccccc4C2)C3(C)C)CC1CC. The monoisotopic (exact) mass is 767 g/mol. The van der Waals surface area contributed by atoms with Crippen molar-refractivity contribution >= 4 is 39.4 Å². The van der Waals surface area contributed by atoms with E-state index in [0.29, 0.717) is 45.1 Å². The second-order valence-corrected chi connectivity index (χ2v) is 21.4. The van der Waals surface area contributed by atoms with Crippen molar-refractivity contribution in [1.29, 1.82) is 0 Å². The van der Waals surface area contributed by atoms with Crippen LogP contribution in [0.25, 0.3) is 0 Å². The second-order valence-electron chi connectivity index (χ2n) is 18.4. The van der Waals surface area contributed by atoms with Crippen molar-refractivity contribution in [3.63, 3.8) is 0 Å². The quantitative estimate of drug-likeness (QED) is 0.234. The molecule has 1 aromatic rings. The highest BCUT2D eigenvalue weighted by Crippen LogP contribution is 2.65. The largest absolute Gasteiger partial charge is 0.350 e. The maximum Gasteiger partial charge on any atom is 0.315 e. The fourth-order valence-electron chi connectivity index (χ4n) is 10.3. The predicted molar refractivity (Wildman–Crippen MR) is 206 cm³/mol. The lowest BCUT2D eigenvalue weighted by atomic mass is 9.79. The molecule has 0 spiro atoms. The number of rotatable bonds is 12. The summed E-state index contributed by atoms with van der Waals surface area (Å²) >= 11 is 0. The number of likely N-dealkylation sites (tertiary alicyclic amines) is 1. The molecular weight excluding hydrogens is 707 g/mol. The number of benzene rings is 1. The van der Waals surface area contributed by atoms with Crippen LogP contribution in [0.15, 0.2) is 24.3 Å². The summed E-state index contributed by atoms with van der Waals surface area (Å²) < 4.78 is 26.6. The van der Waals surface area contributed by atoms with Gasteiger partial charge < -0.3 is 26.2 Å². The van der Waals surface area contributed by atoms with E-state index >= 15 is 4.79 Å². The van der Waals surface area contributed by atoms with E-state index in [4.69, 9.17) is 0 Å². The zero-order chi connectivity index (χ0) is 39.6. The minimum absolute atomic E-state index is 0.0534. The Kier molecular flexibility index (Phi) is 10.6. The summed E-state index contributed by atoms with van der Waals surface area (Å²) in [5.41, 5.74) is -0.329. The zero-order valence-corrected chi connectivity index (χ0v) is 34.2. The van der Waals surface area contributed by atoms with E-state index in [1.165, 1.54) is 0 Å². The molecule has 4 N–H and O–H groups in total. The van der Waals surface area contributed by atoms with Crippen molar-refractivity contribution < 1.29 is 32.4 Å². The molecule has 0 aromatic heterocycles. The van der Waals surface area contributed by atoms with E-state index in [9.17, 15) is 27.6 Å². The topological polar surface area (TPSA) is 171 Å². The van der Waals surface area contributed by atoms with Gasteiger partial charge in [-0.2, -0.15) is 0 Å². The van der Waals surface area contributed by atoms with Crippen molar-refractivity contribution in [3.8, 4) is 0 Å². The van der Waals surface area contributed by atoms with Gasteiger partial charge in [-0.3, -0.25) is 19.2 Å². The smallest absolute Gasteiger partial charge is 0.315 e. The molecule has 4 fully saturated rings. The van der Waals surface area contributed by atoms with Crippen LogP contribution in [0.2, 0.25) is 0 Å². The lowest BCUT2D eigenvalue weighted by Gasteiger charge is -2.44. The molecule has 54 heavy (non-hydrogen) atoms. The van der Waals surface area contributed by atoms with Gasteiger partial charge in [0.2, 0.25) is 17.6 Å². The Morgan fingerprint density at radius 2 is 1.56 bits per heavy atom. The lowest BCUT2D eigenvalue weighted by molar-refractivity contribution is -0.145. The van der Waals surface area contributed by atoms with Gasteiger partial charge in [0.1, 0.15) is 17.6 Å². The number of likely N-dealkylation sites (N-methyl/N-ethyl adjacent to an activating group) is 1. The van der Waals surface area contributed by atoms with Gasteiger partial charge in [0.15, 0.2) is 9.84 Å². The molecule has 7 atom stereocenters. The molecule has 12 nitrogen and oxygen atoms in total. The molecule has 3 saturated carbocycles. The number of Topliss-reactive ketones (excluding diaryl/α,β-unsaturated/α-hetero) is 1. The Bertz CT molecular complexity index is 1770. The highest BCUT2D eigenvalue weighted by atomic mass is 32.2. The molecule has 5 aliphatic rings. The summed E-state index contributed by atoms with van der Waals surface area (Å²) in [5.74, 6) is -2.79. The lowest BCUT2D eigenvalue weighted by Crippen LogP contribution is -2.65. The molecule has 1 heterocycles. The van der Waals surface area contributed by atoms with E-state index in [1.54, 1.807) is 39.5 Å². The van der Waals surface area contributed by atoms with Crippen molar-refractivity contribution in [2.24, 2.45) is 29.1 Å². The second kappa shape index (κ2) is 14.2. The van der Waals surface area contributed by atoms with E-state index in [2.05, 4.69) is 35.1 Å². The van der Waals surface area contributed by atoms with Crippen LogP contribution in [0.3, 0.4) is 0 Å². The molecule has 298 valence electrons. The Balaban J connectivity index is 1.29. The average molecular weight is 768 g/mol. The molecule has 1 aliphatic heterocycles. The van der Waals surface area contributed by atoms with Gasteiger partial charge >= 0.3 is 6.03 Å². The molecule has 3 unspecified atom stereocenters. The number of hydrogen-bond donors (Lipinski definition) is 4. The molecule has 1 aromatic carbocycles. The van der Waals surface area contributed by atoms with Crippen LogP contribution >= 0.6 is 0 Å². The fourth-order valence-corrected chi connectivity index (χ4v) is 12.2. The Morgan fingerprint density at radius 3 is 2.09 bits per heavy atom. The van der Waals surface area contributed by atoms with Crippen LogP contribution < -0.4 is 21.3 Å². The minimum atomic E-state index is -3.66. The molecule has 0 bridgehead atoms. The molecule has 6 rings (SSSR count). The van der Waals surface area contributed by atoms with Crippen LogP contribution in [-0.2, 0) is 41.9 Å². The Labute approximate surface area is 321 Å². The van der Waals surface area contributed by atoms with E-state index in [0.717, 1.165) is 30.4 Å².